The Bertz CT molecular complexity index is 476. The first-order chi connectivity index (χ1) is 7.63. The van der Waals surface area contributed by atoms with Crippen molar-refractivity contribution in [3.8, 4) is 6.07 Å². The molecule has 1 aromatic carbocycles. The summed E-state index contributed by atoms with van der Waals surface area (Å²) in [4.78, 5) is 13.1. The van der Waals surface area contributed by atoms with Crippen molar-refractivity contribution in [1.29, 1.82) is 5.26 Å². The number of hydrogen-bond donors (Lipinski definition) is 0. The number of aryl methyl sites for hydroxylation is 1. The molecule has 1 aliphatic rings. The van der Waals surface area contributed by atoms with E-state index in [0.29, 0.717) is 6.54 Å². The van der Waals surface area contributed by atoms with Crippen LogP contribution in [0.15, 0.2) is 18.2 Å². The second kappa shape index (κ2) is 3.86. The van der Waals surface area contributed by atoms with Gasteiger partial charge < -0.3 is 4.74 Å². The minimum atomic E-state index is -0.660. The molecule has 1 heterocycles. The molecular formula is C12H12N2O2. The number of carbonyl (C=O) groups is 1. The zero-order chi connectivity index (χ0) is 11.7. The highest BCUT2D eigenvalue weighted by Gasteiger charge is 2.32. The SMILES string of the molecule is Cc1cccc(N2CC(C#N)OC2=O)c1C. The van der Waals surface area contributed by atoms with Crippen LogP contribution in [0, 0.1) is 25.2 Å². The van der Waals surface area contributed by atoms with E-state index in [9.17, 15) is 4.79 Å². The first kappa shape index (κ1) is 10.5. The third-order valence-corrected chi connectivity index (χ3v) is 2.82. The molecule has 4 heteroatoms. The first-order valence-corrected chi connectivity index (χ1v) is 5.07. The van der Waals surface area contributed by atoms with Crippen molar-refractivity contribution in [1.82, 2.24) is 0 Å². The Morgan fingerprint density at radius 1 is 1.50 bits per heavy atom. The number of amides is 1. The molecule has 0 spiro atoms. The zero-order valence-electron chi connectivity index (χ0n) is 9.23. The molecule has 16 heavy (non-hydrogen) atoms. The normalized spacial score (nSPS) is 19.4. The number of nitrogens with zero attached hydrogens (tertiary/aromatic N) is 2. The van der Waals surface area contributed by atoms with E-state index in [-0.39, 0.29) is 0 Å². The molecule has 0 aromatic heterocycles. The van der Waals surface area contributed by atoms with E-state index < -0.39 is 12.2 Å². The van der Waals surface area contributed by atoms with Crippen molar-refractivity contribution in [3.05, 3.63) is 29.3 Å². The molecule has 0 aliphatic carbocycles. The van der Waals surface area contributed by atoms with Crippen LogP contribution in [0.3, 0.4) is 0 Å². The van der Waals surface area contributed by atoms with E-state index in [1.165, 1.54) is 4.90 Å². The summed E-state index contributed by atoms with van der Waals surface area (Å²) in [6, 6.07) is 7.69. The molecule has 0 bridgehead atoms. The Balaban J connectivity index is 2.36. The summed E-state index contributed by atoms with van der Waals surface area (Å²) in [6.07, 6.45) is -1.10. The van der Waals surface area contributed by atoms with Crippen molar-refractivity contribution >= 4 is 11.8 Å². The van der Waals surface area contributed by atoms with Gasteiger partial charge in [-0.1, -0.05) is 12.1 Å². The summed E-state index contributed by atoms with van der Waals surface area (Å²) in [5.41, 5.74) is 2.98. The van der Waals surface area contributed by atoms with E-state index in [4.69, 9.17) is 10.00 Å². The highest BCUT2D eigenvalue weighted by atomic mass is 16.6. The topological polar surface area (TPSA) is 53.3 Å². The molecule has 1 unspecified atom stereocenters. The van der Waals surface area contributed by atoms with Crippen LogP contribution in [0.4, 0.5) is 10.5 Å². The van der Waals surface area contributed by atoms with Gasteiger partial charge in [0, 0.05) is 0 Å². The monoisotopic (exact) mass is 216 g/mol. The largest absolute Gasteiger partial charge is 0.428 e. The molecule has 1 amide bonds. The summed E-state index contributed by atoms with van der Waals surface area (Å²) in [5.74, 6) is 0. The molecule has 1 aliphatic heterocycles. The smallest absolute Gasteiger partial charge is 0.415 e. The fourth-order valence-electron chi connectivity index (χ4n) is 1.75. The number of nitriles is 1. The van der Waals surface area contributed by atoms with Gasteiger partial charge in [-0.05, 0) is 31.0 Å². The average Bonchev–Trinajstić information content (AvgIpc) is 2.64. The van der Waals surface area contributed by atoms with Crippen LogP contribution in [0.5, 0.6) is 0 Å². The van der Waals surface area contributed by atoms with Crippen molar-refractivity contribution in [3.63, 3.8) is 0 Å². The minimum Gasteiger partial charge on any atom is -0.428 e. The maximum Gasteiger partial charge on any atom is 0.415 e. The Morgan fingerprint density at radius 3 is 2.88 bits per heavy atom. The molecule has 1 fully saturated rings. The Labute approximate surface area is 94.0 Å². The van der Waals surface area contributed by atoms with E-state index in [1.807, 2.05) is 38.1 Å². The van der Waals surface area contributed by atoms with Gasteiger partial charge in [-0.2, -0.15) is 5.26 Å². The van der Waals surface area contributed by atoms with E-state index in [0.717, 1.165) is 16.8 Å². The fraction of sp³-hybridized carbons (Fsp3) is 0.333. The fourth-order valence-corrected chi connectivity index (χ4v) is 1.75. The highest BCUT2D eigenvalue weighted by Crippen LogP contribution is 2.26. The molecule has 2 rings (SSSR count). The van der Waals surface area contributed by atoms with Crippen LogP contribution in [-0.2, 0) is 4.74 Å². The number of ether oxygens (including phenoxy) is 1. The Morgan fingerprint density at radius 2 is 2.25 bits per heavy atom. The number of hydrogen-bond acceptors (Lipinski definition) is 3. The predicted octanol–water partition coefficient (Wildman–Crippen LogP) is 2.15. The quantitative estimate of drug-likeness (QED) is 0.722. The molecule has 0 radical (unpaired) electrons. The summed E-state index contributed by atoms with van der Waals surface area (Å²) in [6.45, 7) is 4.25. The van der Waals surface area contributed by atoms with Gasteiger partial charge in [0.15, 0.2) is 0 Å². The van der Waals surface area contributed by atoms with E-state index in [2.05, 4.69) is 0 Å². The number of anilines is 1. The second-order valence-corrected chi connectivity index (χ2v) is 3.83. The summed E-state index contributed by atoms with van der Waals surface area (Å²) in [5, 5.41) is 8.72. The Kier molecular flexibility index (Phi) is 2.53. The zero-order valence-corrected chi connectivity index (χ0v) is 9.23. The van der Waals surface area contributed by atoms with Crippen LogP contribution in [0.25, 0.3) is 0 Å². The van der Waals surface area contributed by atoms with Gasteiger partial charge in [0.1, 0.15) is 6.07 Å². The first-order valence-electron chi connectivity index (χ1n) is 5.07. The lowest BCUT2D eigenvalue weighted by Gasteiger charge is -2.16. The van der Waals surface area contributed by atoms with E-state index in [1.54, 1.807) is 0 Å². The molecule has 82 valence electrons. The molecular weight excluding hydrogens is 204 g/mol. The predicted molar refractivity (Wildman–Crippen MR) is 59.1 cm³/mol. The maximum atomic E-state index is 11.6. The summed E-state index contributed by atoms with van der Waals surface area (Å²) in [7, 11) is 0. The van der Waals surface area contributed by atoms with Crippen LogP contribution in [0.2, 0.25) is 0 Å². The third-order valence-electron chi connectivity index (χ3n) is 2.82. The Hall–Kier alpha value is -2.02. The van der Waals surface area contributed by atoms with Crippen LogP contribution < -0.4 is 4.90 Å². The lowest BCUT2D eigenvalue weighted by atomic mass is 10.1. The van der Waals surface area contributed by atoms with Gasteiger partial charge in [0.25, 0.3) is 0 Å². The minimum absolute atomic E-state index is 0.305. The van der Waals surface area contributed by atoms with Crippen molar-refractivity contribution in [2.24, 2.45) is 0 Å². The molecule has 1 aromatic rings. The second-order valence-electron chi connectivity index (χ2n) is 3.83. The maximum absolute atomic E-state index is 11.6. The number of cyclic esters (lactones) is 1. The van der Waals surface area contributed by atoms with Gasteiger partial charge in [-0.25, -0.2) is 4.79 Å². The number of rotatable bonds is 1. The average molecular weight is 216 g/mol. The molecule has 0 saturated carbocycles. The van der Waals surface area contributed by atoms with Crippen LogP contribution in [-0.4, -0.2) is 18.7 Å². The molecule has 0 N–H and O–H groups in total. The van der Waals surface area contributed by atoms with Crippen LogP contribution in [0.1, 0.15) is 11.1 Å². The van der Waals surface area contributed by atoms with Gasteiger partial charge in [0.05, 0.1) is 12.2 Å². The van der Waals surface area contributed by atoms with Gasteiger partial charge in [0.2, 0.25) is 6.10 Å². The lowest BCUT2D eigenvalue weighted by molar-refractivity contribution is 0.162. The highest BCUT2D eigenvalue weighted by molar-refractivity contribution is 5.91. The third kappa shape index (κ3) is 1.61. The standard InChI is InChI=1S/C12H12N2O2/c1-8-4-3-5-11(9(8)2)14-7-10(6-13)16-12(14)15/h3-5,10H,7H2,1-2H3. The van der Waals surface area contributed by atoms with Crippen molar-refractivity contribution < 1.29 is 9.53 Å². The summed E-state index contributed by atoms with van der Waals surface area (Å²) >= 11 is 0. The molecule has 1 saturated heterocycles. The van der Waals surface area contributed by atoms with Gasteiger partial charge in [-0.15, -0.1) is 0 Å². The molecule has 1 atom stereocenters. The van der Waals surface area contributed by atoms with Crippen molar-refractivity contribution in [2.45, 2.75) is 20.0 Å². The summed E-state index contributed by atoms with van der Waals surface area (Å²) < 4.78 is 4.90. The van der Waals surface area contributed by atoms with E-state index >= 15 is 0 Å². The van der Waals surface area contributed by atoms with Gasteiger partial charge in [-0.3, -0.25) is 4.90 Å². The van der Waals surface area contributed by atoms with Crippen LogP contribution >= 0.6 is 0 Å². The molecule has 4 nitrogen and oxygen atoms in total. The number of benzene rings is 1. The number of carbonyl (C=O) groups excluding carboxylic acids is 1. The van der Waals surface area contributed by atoms with Gasteiger partial charge >= 0.3 is 6.09 Å². The lowest BCUT2D eigenvalue weighted by Crippen LogP contribution is -2.25. The van der Waals surface area contributed by atoms with Crippen molar-refractivity contribution in [2.75, 3.05) is 11.4 Å².